The average Bonchev–Trinajstić information content (AvgIpc) is 3.00. The van der Waals surface area contributed by atoms with Gasteiger partial charge in [-0.1, -0.05) is 54.1 Å². The number of likely N-dealkylation sites (tertiary alicyclic amines) is 1. The first kappa shape index (κ1) is 19.9. The maximum Gasteiger partial charge on any atom is 0.295 e. The zero-order valence-electron chi connectivity index (χ0n) is 15.8. The summed E-state index contributed by atoms with van der Waals surface area (Å²) in [6.45, 7) is 0.193. The summed E-state index contributed by atoms with van der Waals surface area (Å²) in [6, 6.07) is 20.4. The van der Waals surface area contributed by atoms with E-state index in [-0.39, 0.29) is 23.4 Å². The van der Waals surface area contributed by atoms with Crippen molar-refractivity contribution in [3.05, 3.63) is 112 Å². The topological polar surface area (TPSA) is 57.6 Å². The number of benzene rings is 3. The molecule has 4 nitrogen and oxygen atoms in total. The van der Waals surface area contributed by atoms with Crippen LogP contribution >= 0.6 is 11.6 Å². The molecule has 1 amide bonds. The highest BCUT2D eigenvalue weighted by Gasteiger charge is 2.46. The Kier molecular flexibility index (Phi) is 5.38. The fourth-order valence-corrected chi connectivity index (χ4v) is 3.70. The first-order chi connectivity index (χ1) is 14.5. The van der Waals surface area contributed by atoms with Crippen LogP contribution in [0, 0.1) is 5.82 Å². The molecule has 3 aromatic carbocycles. The lowest BCUT2D eigenvalue weighted by molar-refractivity contribution is -0.140. The molecule has 6 heteroatoms. The van der Waals surface area contributed by atoms with E-state index >= 15 is 0 Å². The molecule has 0 radical (unpaired) electrons. The van der Waals surface area contributed by atoms with Crippen LogP contribution in [-0.2, 0) is 16.1 Å². The summed E-state index contributed by atoms with van der Waals surface area (Å²) < 4.78 is 13.3. The average molecular weight is 422 g/mol. The summed E-state index contributed by atoms with van der Waals surface area (Å²) in [5.41, 5.74) is 1.70. The molecular formula is C24H17ClFNO3. The predicted molar refractivity (Wildman–Crippen MR) is 112 cm³/mol. The first-order valence-electron chi connectivity index (χ1n) is 9.29. The molecule has 3 aromatic rings. The monoisotopic (exact) mass is 421 g/mol. The third-order valence-electron chi connectivity index (χ3n) is 5.04. The van der Waals surface area contributed by atoms with Crippen molar-refractivity contribution in [1.82, 2.24) is 4.90 Å². The minimum Gasteiger partial charge on any atom is -0.507 e. The van der Waals surface area contributed by atoms with E-state index in [2.05, 4.69) is 0 Å². The number of ketones is 1. The van der Waals surface area contributed by atoms with Crippen LogP contribution in [0.1, 0.15) is 22.7 Å². The van der Waals surface area contributed by atoms with Crippen LogP contribution in [0.5, 0.6) is 0 Å². The highest BCUT2D eigenvalue weighted by Crippen LogP contribution is 2.40. The molecule has 1 heterocycles. The molecule has 1 atom stereocenters. The predicted octanol–water partition coefficient (Wildman–Crippen LogP) is 5.10. The highest BCUT2D eigenvalue weighted by atomic mass is 35.5. The Balaban J connectivity index is 1.85. The first-order valence-corrected chi connectivity index (χ1v) is 9.67. The van der Waals surface area contributed by atoms with Gasteiger partial charge in [0.15, 0.2) is 0 Å². The lowest BCUT2D eigenvalue weighted by Crippen LogP contribution is -2.29. The van der Waals surface area contributed by atoms with E-state index in [1.165, 1.54) is 29.2 Å². The number of nitrogens with zero attached hydrogens (tertiary/aromatic N) is 1. The normalized spacial score (nSPS) is 18.1. The molecule has 1 fully saturated rings. The second-order valence-electron chi connectivity index (χ2n) is 6.97. The molecule has 1 aliphatic rings. The van der Waals surface area contributed by atoms with Gasteiger partial charge in [0.2, 0.25) is 0 Å². The smallest absolute Gasteiger partial charge is 0.295 e. The van der Waals surface area contributed by atoms with Gasteiger partial charge in [0.05, 0.1) is 11.6 Å². The van der Waals surface area contributed by atoms with Gasteiger partial charge in [-0.15, -0.1) is 0 Å². The van der Waals surface area contributed by atoms with E-state index in [0.29, 0.717) is 10.6 Å². The largest absolute Gasteiger partial charge is 0.507 e. The van der Waals surface area contributed by atoms with E-state index in [1.807, 2.05) is 30.3 Å². The number of Topliss-reactive ketones (excluding diaryl/α,β-unsaturated/α-hetero) is 1. The summed E-state index contributed by atoms with van der Waals surface area (Å²) in [5, 5.41) is 11.4. The molecule has 1 unspecified atom stereocenters. The maximum absolute atomic E-state index is 13.3. The zero-order chi connectivity index (χ0) is 21.3. The standard InChI is InChI=1S/C24H17ClFNO3/c25-18-10-6-16(7-11-18)21-20(22(28)17-8-12-19(26)13-9-17)23(29)24(30)27(21)14-15-4-2-1-3-5-15/h1-13,21,28H,14H2. The van der Waals surface area contributed by atoms with Crippen LogP contribution in [0.15, 0.2) is 84.4 Å². The van der Waals surface area contributed by atoms with Crippen LogP contribution in [-0.4, -0.2) is 21.7 Å². The molecule has 0 aliphatic carbocycles. The lowest BCUT2D eigenvalue weighted by atomic mass is 9.95. The quantitative estimate of drug-likeness (QED) is 0.362. The van der Waals surface area contributed by atoms with Crippen molar-refractivity contribution in [1.29, 1.82) is 0 Å². The number of hydrogen-bond acceptors (Lipinski definition) is 3. The van der Waals surface area contributed by atoms with Crippen LogP contribution in [0.25, 0.3) is 5.76 Å². The summed E-state index contributed by atoms with van der Waals surface area (Å²) in [7, 11) is 0. The van der Waals surface area contributed by atoms with Crippen molar-refractivity contribution in [2.24, 2.45) is 0 Å². The van der Waals surface area contributed by atoms with E-state index in [1.54, 1.807) is 24.3 Å². The lowest BCUT2D eigenvalue weighted by Gasteiger charge is -2.25. The molecule has 0 bridgehead atoms. The Morgan fingerprint density at radius 3 is 2.20 bits per heavy atom. The number of aliphatic hydroxyl groups excluding tert-OH is 1. The fraction of sp³-hybridized carbons (Fsp3) is 0.0833. The SMILES string of the molecule is O=C1C(=O)N(Cc2ccccc2)C(c2ccc(Cl)cc2)C1=C(O)c1ccc(F)cc1. The molecule has 150 valence electrons. The maximum atomic E-state index is 13.3. The third-order valence-corrected chi connectivity index (χ3v) is 5.29. The number of aliphatic hydroxyl groups is 1. The number of carbonyl (C=O) groups excluding carboxylic acids is 2. The highest BCUT2D eigenvalue weighted by molar-refractivity contribution is 6.46. The van der Waals surface area contributed by atoms with Gasteiger partial charge in [0.1, 0.15) is 11.6 Å². The van der Waals surface area contributed by atoms with Gasteiger partial charge in [-0.05, 0) is 47.5 Å². The van der Waals surface area contributed by atoms with Crippen molar-refractivity contribution in [2.75, 3.05) is 0 Å². The summed E-state index contributed by atoms with van der Waals surface area (Å²) in [6.07, 6.45) is 0. The number of halogens is 2. The Labute approximate surface area is 177 Å². The number of carbonyl (C=O) groups is 2. The van der Waals surface area contributed by atoms with Crippen molar-refractivity contribution >= 4 is 29.1 Å². The number of amides is 1. The molecular weight excluding hydrogens is 405 g/mol. The second kappa shape index (κ2) is 8.13. The molecule has 0 saturated carbocycles. The van der Waals surface area contributed by atoms with Crippen molar-refractivity contribution < 1.29 is 19.1 Å². The summed E-state index contributed by atoms with van der Waals surface area (Å²) in [5.74, 6) is -2.30. The number of hydrogen-bond donors (Lipinski definition) is 1. The van der Waals surface area contributed by atoms with Crippen LogP contribution in [0.3, 0.4) is 0 Å². The van der Waals surface area contributed by atoms with Crippen molar-refractivity contribution in [2.45, 2.75) is 12.6 Å². The van der Waals surface area contributed by atoms with E-state index in [0.717, 1.165) is 5.56 Å². The Morgan fingerprint density at radius 1 is 0.933 bits per heavy atom. The van der Waals surface area contributed by atoms with Crippen LogP contribution < -0.4 is 0 Å². The van der Waals surface area contributed by atoms with Gasteiger partial charge in [0, 0.05) is 17.1 Å². The minimum atomic E-state index is -0.799. The molecule has 1 N–H and O–H groups in total. The summed E-state index contributed by atoms with van der Waals surface area (Å²) >= 11 is 6.01. The van der Waals surface area contributed by atoms with Gasteiger partial charge >= 0.3 is 0 Å². The van der Waals surface area contributed by atoms with Gasteiger partial charge in [-0.2, -0.15) is 0 Å². The Hall–Kier alpha value is -3.44. The van der Waals surface area contributed by atoms with Gasteiger partial charge in [0.25, 0.3) is 11.7 Å². The van der Waals surface area contributed by atoms with E-state index in [4.69, 9.17) is 11.6 Å². The van der Waals surface area contributed by atoms with E-state index in [9.17, 15) is 19.1 Å². The Morgan fingerprint density at radius 2 is 1.57 bits per heavy atom. The molecule has 4 rings (SSSR count). The minimum absolute atomic E-state index is 0.0372. The molecule has 30 heavy (non-hydrogen) atoms. The second-order valence-corrected chi connectivity index (χ2v) is 7.41. The van der Waals surface area contributed by atoms with E-state index < -0.39 is 23.5 Å². The molecule has 1 saturated heterocycles. The van der Waals surface area contributed by atoms with Gasteiger partial charge in [-0.3, -0.25) is 9.59 Å². The van der Waals surface area contributed by atoms with Crippen LogP contribution in [0.2, 0.25) is 5.02 Å². The van der Waals surface area contributed by atoms with Crippen LogP contribution in [0.4, 0.5) is 4.39 Å². The summed E-state index contributed by atoms with van der Waals surface area (Å²) in [4.78, 5) is 27.3. The molecule has 0 spiro atoms. The Bertz CT molecular complexity index is 1130. The zero-order valence-corrected chi connectivity index (χ0v) is 16.5. The number of rotatable bonds is 4. The fourth-order valence-electron chi connectivity index (χ4n) is 3.58. The van der Waals surface area contributed by atoms with Crippen molar-refractivity contribution in [3.8, 4) is 0 Å². The van der Waals surface area contributed by atoms with Crippen molar-refractivity contribution in [3.63, 3.8) is 0 Å². The van der Waals surface area contributed by atoms with Gasteiger partial charge < -0.3 is 10.0 Å². The molecule has 1 aliphatic heterocycles. The van der Waals surface area contributed by atoms with Gasteiger partial charge in [-0.25, -0.2) is 4.39 Å². The third kappa shape index (κ3) is 3.72. The molecule has 0 aromatic heterocycles.